The van der Waals surface area contributed by atoms with Crippen molar-refractivity contribution in [3.05, 3.63) is 35.9 Å². The van der Waals surface area contributed by atoms with Gasteiger partial charge < -0.3 is 10.6 Å². The highest BCUT2D eigenvalue weighted by Gasteiger charge is 1.98. The highest BCUT2D eigenvalue weighted by Crippen LogP contribution is 2.15. The van der Waals surface area contributed by atoms with Crippen molar-refractivity contribution < 1.29 is 23.9 Å². The van der Waals surface area contributed by atoms with Gasteiger partial charge >= 0.3 is 6.03 Å². The standard InChI is InChI=1S/C9H13O2P.C5H10N2O3/c10-12(11)8-4-7-9-5-2-1-3-6-9;1-2-4(8)3-10-7-5(6)9/h1-3,5-6,12H,4,7-8H2,(H,10,11);2-3H2,1H3,(H3,6,7,9). The highest BCUT2D eigenvalue weighted by atomic mass is 31.1. The van der Waals surface area contributed by atoms with Crippen LogP contribution in [0, 0.1) is 0 Å². The number of benzene rings is 1. The van der Waals surface area contributed by atoms with Crippen LogP contribution in [0.25, 0.3) is 0 Å². The van der Waals surface area contributed by atoms with Crippen LogP contribution in [0.3, 0.4) is 0 Å². The Morgan fingerprint density at radius 3 is 2.45 bits per heavy atom. The Morgan fingerprint density at radius 2 is 1.95 bits per heavy atom. The molecule has 0 fully saturated rings. The van der Waals surface area contributed by atoms with Crippen LogP contribution in [0.4, 0.5) is 4.79 Å². The number of hydrogen-bond donors (Lipinski definition) is 3. The van der Waals surface area contributed by atoms with Gasteiger partial charge in [0.25, 0.3) is 0 Å². The van der Waals surface area contributed by atoms with E-state index in [0.29, 0.717) is 12.6 Å². The molecule has 1 rings (SSSR count). The van der Waals surface area contributed by atoms with Gasteiger partial charge in [0.05, 0.1) is 0 Å². The number of urea groups is 1. The van der Waals surface area contributed by atoms with E-state index in [4.69, 9.17) is 4.89 Å². The first-order chi connectivity index (χ1) is 10.5. The molecule has 7 nitrogen and oxygen atoms in total. The lowest BCUT2D eigenvalue weighted by Gasteiger charge is -1.99. The lowest BCUT2D eigenvalue weighted by atomic mass is 10.1. The second-order valence-corrected chi connectivity index (χ2v) is 5.67. The third-order valence-corrected chi connectivity index (χ3v) is 3.28. The summed E-state index contributed by atoms with van der Waals surface area (Å²) in [7, 11) is -2.25. The molecular weight excluding hydrogens is 307 g/mol. The number of primary amides is 1. The first kappa shape index (κ1) is 20.3. The number of carbonyl (C=O) groups excluding carboxylic acids is 2. The molecule has 0 spiro atoms. The van der Waals surface area contributed by atoms with Gasteiger partial charge in [0.2, 0.25) is 0 Å². The molecule has 1 unspecified atom stereocenters. The van der Waals surface area contributed by atoms with Gasteiger partial charge in [0.1, 0.15) is 6.61 Å². The lowest BCUT2D eigenvalue weighted by Crippen LogP contribution is -2.31. The molecule has 1 aromatic carbocycles. The molecule has 0 aromatic heterocycles. The quantitative estimate of drug-likeness (QED) is 0.495. The minimum atomic E-state index is -2.25. The summed E-state index contributed by atoms with van der Waals surface area (Å²) in [4.78, 5) is 33.4. The van der Waals surface area contributed by atoms with Crippen molar-refractivity contribution in [3.8, 4) is 0 Å². The summed E-state index contributed by atoms with van der Waals surface area (Å²) < 4.78 is 10.4. The summed E-state index contributed by atoms with van der Waals surface area (Å²) in [6, 6.07) is 9.21. The van der Waals surface area contributed by atoms with Crippen molar-refractivity contribution in [1.29, 1.82) is 0 Å². The Kier molecular flexibility index (Phi) is 12.0. The average Bonchev–Trinajstić information content (AvgIpc) is 2.48. The molecule has 0 bridgehead atoms. The van der Waals surface area contributed by atoms with Crippen LogP contribution in [-0.2, 0) is 20.6 Å². The fourth-order valence-corrected chi connectivity index (χ4v) is 1.86. The molecule has 0 heterocycles. The van der Waals surface area contributed by atoms with E-state index in [1.54, 1.807) is 6.92 Å². The first-order valence-electron chi connectivity index (χ1n) is 6.90. The van der Waals surface area contributed by atoms with Gasteiger partial charge in [0, 0.05) is 12.6 Å². The number of hydrogen-bond acceptors (Lipinski definition) is 4. The molecule has 0 aliphatic heterocycles. The minimum absolute atomic E-state index is 0.0891. The third kappa shape index (κ3) is 13.3. The molecule has 4 N–H and O–H groups in total. The zero-order chi connectivity index (χ0) is 16.8. The van der Waals surface area contributed by atoms with Crippen LogP contribution in [0.2, 0.25) is 0 Å². The van der Waals surface area contributed by atoms with Crippen LogP contribution in [0.15, 0.2) is 30.3 Å². The molecule has 0 aliphatic rings. The van der Waals surface area contributed by atoms with Gasteiger partial charge in [-0.2, -0.15) is 0 Å². The second-order valence-electron chi connectivity index (χ2n) is 4.38. The van der Waals surface area contributed by atoms with E-state index in [1.165, 1.54) is 5.56 Å². The van der Waals surface area contributed by atoms with Crippen molar-refractivity contribution in [2.24, 2.45) is 5.73 Å². The largest absolute Gasteiger partial charge is 0.350 e. The number of rotatable bonds is 8. The fraction of sp³-hybridized carbons (Fsp3) is 0.429. The van der Waals surface area contributed by atoms with Gasteiger partial charge in [0.15, 0.2) is 13.8 Å². The van der Waals surface area contributed by atoms with Crippen molar-refractivity contribution in [3.63, 3.8) is 0 Å². The Balaban J connectivity index is 0.000000409. The fourth-order valence-electron chi connectivity index (χ4n) is 1.38. The molecule has 1 atom stereocenters. The minimum Gasteiger partial charge on any atom is -0.350 e. The Labute approximate surface area is 130 Å². The Hall–Kier alpha value is -1.69. The van der Waals surface area contributed by atoms with Crippen LogP contribution in [0.5, 0.6) is 0 Å². The number of ketones is 1. The maximum absolute atomic E-state index is 10.5. The Morgan fingerprint density at radius 1 is 1.32 bits per heavy atom. The Bertz CT molecular complexity index is 468. The zero-order valence-electron chi connectivity index (χ0n) is 12.6. The number of hydroxylamine groups is 1. The van der Waals surface area contributed by atoms with Gasteiger partial charge in [-0.1, -0.05) is 37.3 Å². The van der Waals surface area contributed by atoms with E-state index >= 15 is 0 Å². The predicted molar refractivity (Wildman–Crippen MR) is 84.8 cm³/mol. The molecule has 8 heteroatoms. The number of carbonyl (C=O) groups is 2. The summed E-state index contributed by atoms with van der Waals surface area (Å²) in [5.74, 6) is -0.0891. The molecule has 0 saturated heterocycles. The van der Waals surface area contributed by atoms with E-state index in [-0.39, 0.29) is 12.4 Å². The normalized spacial score (nSPS) is 11.0. The first-order valence-corrected chi connectivity index (χ1v) is 8.46. The number of amides is 2. The van der Waals surface area contributed by atoms with Crippen molar-refractivity contribution in [1.82, 2.24) is 5.48 Å². The van der Waals surface area contributed by atoms with Crippen LogP contribution in [-0.4, -0.2) is 29.5 Å². The number of Topliss-reactive ketones (excluding diaryl/α,β-unsaturated/α-hetero) is 1. The molecule has 1 aromatic rings. The van der Waals surface area contributed by atoms with Gasteiger partial charge in [-0.3, -0.25) is 14.2 Å². The SMILES string of the molecule is CCC(=O)CONC(N)=O.O=[PH](O)CCCc1ccccc1. The second kappa shape index (κ2) is 13.0. The van der Waals surface area contributed by atoms with E-state index < -0.39 is 14.1 Å². The summed E-state index contributed by atoms with van der Waals surface area (Å²) in [6.07, 6.45) is 2.54. The highest BCUT2D eigenvalue weighted by molar-refractivity contribution is 7.37. The summed E-state index contributed by atoms with van der Waals surface area (Å²) in [5, 5.41) is 0. The maximum atomic E-state index is 10.5. The van der Waals surface area contributed by atoms with E-state index in [1.807, 2.05) is 35.8 Å². The number of aryl methyl sites for hydroxylation is 1. The predicted octanol–water partition coefficient (Wildman–Crippen LogP) is 1.65. The summed E-state index contributed by atoms with van der Waals surface area (Å²) in [6.45, 7) is 1.58. The molecular formula is C14H23N2O5P. The third-order valence-electron chi connectivity index (χ3n) is 2.50. The van der Waals surface area contributed by atoms with Gasteiger partial charge in [-0.25, -0.2) is 10.3 Å². The molecule has 0 radical (unpaired) electrons. The van der Waals surface area contributed by atoms with E-state index in [9.17, 15) is 14.2 Å². The van der Waals surface area contributed by atoms with Crippen molar-refractivity contribution >= 4 is 19.8 Å². The molecule has 0 aliphatic carbocycles. The zero-order valence-corrected chi connectivity index (χ0v) is 13.6. The maximum Gasteiger partial charge on any atom is 0.336 e. The number of nitrogens with one attached hydrogen (secondary N) is 1. The van der Waals surface area contributed by atoms with Gasteiger partial charge in [-0.05, 0) is 18.4 Å². The van der Waals surface area contributed by atoms with E-state index in [0.717, 1.165) is 12.8 Å². The topological polar surface area (TPSA) is 119 Å². The van der Waals surface area contributed by atoms with Crippen LogP contribution >= 0.6 is 8.03 Å². The number of nitrogens with two attached hydrogens (primary N) is 1. The summed E-state index contributed by atoms with van der Waals surface area (Å²) in [5.41, 5.74) is 7.70. The van der Waals surface area contributed by atoms with Crippen LogP contribution < -0.4 is 11.2 Å². The molecule has 2 amide bonds. The van der Waals surface area contributed by atoms with Crippen molar-refractivity contribution in [2.75, 3.05) is 12.8 Å². The van der Waals surface area contributed by atoms with Gasteiger partial charge in [-0.15, -0.1) is 0 Å². The lowest BCUT2D eigenvalue weighted by molar-refractivity contribution is -0.124. The average molecular weight is 330 g/mol. The summed E-state index contributed by atoms with van der Waals surface area (Å²) >= 11 is 0. The molecule has 0 saturated carbocycles. The van der Waals surface area contributed by atoms with Crippen LogP contribution in [0.1, 0.15) is 25.3 Å². The van der Waals surface area contributed by atoms with Crippen molar-refractivity contribution in [2.45, 2.75) is 26.2 Å². The monoisotopic (exact) mass is 330 g/mol. The van der Waals surface area contributed by atoms with E-state index in [2.05, 4.69) is 10.6 Å². The molecule has 124 valence electrons. The molecule has 22 heavy (non-hydrogen) atoms. The smallest absolute Gasteiger partial charge is 0.336 e.